The van der Waals surface area contributed by atoms with Gasteiger partial charge >= 0.3 is 6.09 Å². The van der Waals surface area contributed by atoms with Crippen molar-refractivity contribution in [3.8, 4) is 0 Å². The molecule has 0 spiro atoms. The largest absolute Gasteiger partial charge is 0.444 e. The fraction of sp³-hybridized carbons (Fsp3) is 0.550. The molecule has 2 atom stereocenters. The van der Waals surface area contributed by atoms with Crippen LogP contribution in [-0.2, 0) is 19.6 Å². The molecule has 1 heterocycles. The number of hydrogen-bond acceptors (Lipinski definition) is 6. The Morgan fingerprint density at radius 1 is 1.13 bits per heavy atom. The molecule has 3 N–H and O–H groups in total. The van der Waals surface area contributed by atoms with Gasteiger partial charge in [0.15, 0.2) is 0 Å². The highest BCUT2D eigenvalue weighted by Gasteiger charge is 2.31. The molecule has 164 valence electrons. The Bertz CT molecular complexity index is 952. The molecule has 10 heteroatoms. The lowest BCUT2D eigenvalue weighted by Crippen LogP contribution is -2.54. The van der Waals surface area contributed by atoms with Gasteiger partial charge in [-0.1, -0.05) is 25.0 Å². The number of fused-ring (bicyclic) bond motifs is 1. The molecule has 2 amide bonds. The van der Waals surface area contributed by atoms with E-state index >= 15 is 0 Å². The summed E-state index contributed by atoms with van der Waals surface area (Å²) in [4.78, 5) is 28.9. The molecule has 1 fully saturated rings. The van der Waals surface area contributed by atoms with E-state index in [0.29, 0.717) is 5.56 Å². The van der Waals surface area contributed by atoms with E-state index in [0.717, 1.165) is 25.7 Å². The maximum absolute atomic E-state index is 12.5. The molecule has 3 rings (SSSR count). The van der Waals surface area contributed by atoms with Crippen molar-refractivity contribution in [2.24, 2.45) is 4.99 Å². The highest BCUT2D eigenvalue weighted by molar-refractivity contribution is 7.90. The molecule has 9 nitrogen and oxygen atoms in total. The van der Waals surface area contributed by atoms with Gasteiger partial charge in [-0.05, 0) is 45.7 Å². The van der Waals surface area contributed by atoms with Gasteiger partial charge < -0.3 is 15.4 Å². The molecule has 0 aromatic heterocycles. The molecule has 0 bridgehead atoms. The smallest absolute Gasteiger partial charge is 0.407 e. The summed E-state index contributed by atoms with van der Waals surface area (Å²) < 4.78 is 31.9. The summed E-state index contributed by atoms with van der Waals surface area (Å²) in [6, 6.07) is 6.03. The number of nitrogens with one attached hydrogen (secondary N) is 3. The summed E-state index contributed by atoms with van der Waals surface area (Å²) >= 11 is 0. The van der Waals surface area contributed by atoms with E-state index in [1.165, 1.54) is 6.07 Å². The number of benzene rings is 1. The van der Waals surface area contributed by atoms with Gasteiger partial charge in [0.2, 0.25) is 5.91 Å². The highest BCUT2D eigenvalue weighted by atomic mass is 32.2. The fourth-order valence-corrected chi connectivity index (χ4v) is 4.84. The van der Waals surface area contributed by atoms with Crippen LogP contribution in [0.5, 0.6) is 0 Å². The molecular weight excluding hydrogens is 408 g/mol. The molecule has 1 aromatic rings. The molecule has 0 saturated heterocycles. The Labute approximate surface area is 176 Å². The monoisotopic (exact) mass is 436 g/mol. The Kier molecular flexibility index (Phi) is 6.35. The summed E-state index contributed by atoms with van der Waals surface area (Å²) in [7, 11) is -3.64. The number of ether oxygens (including phenoxy) is 1. The lowest BCUT2D eigenvalue weighted by molar-refractivity contribution is -0.120. The molecule has 1 saturated carbocycles. The third-order valence-electron chi connectivity index (χ3n) is 4.86. The van der Waals surface area contributed by atoms with Crippen LogP contribution in [0.3, 0.4) is 0 Å². The molecule has 30 heavy (non-hydrogen) atoms. The highest BCUT2D eigenvalue weighted by Crippen LogP contribution is 2.22. The van der Waals surface area contributed by atoms with Gasteiger partial charge in [-0.3, -0.25) is 14.5 Å². The molecule has 1 aromatic carbocycles. The second kappa shape index (κ2) is 8.63. The number of rotatable bonds is 4. The van der Waals surface area contributed by atoms with E-state index in [2.05, 4.69) is 20.3 Å². The van der Waals surface area contributed by atoms with Crippen molar-refractivity contribution < 1.29 is 22.7 Å². The van der Waals surface area contributed by atoms with E-state index in [9.17, 15) is 18.0 Å². The van der Waals surface area contributed by atoms with E-state index in [1.54, 1.807) is 39.0 Å². The molecule has 2 aliphatic rings. The van der Waals surface area contributed by atoms with Crippen molar-refractivity contribution in [2.45, 2.75) is 69.0 Å². The number of amides is 2. The first-order valence-electron chi connectivity index (χ1n) is 10.0. The SMILES string of the molecule is CC(C)(C)OC(=O)N[C@@H]1CCCC[C@H]1NC(=O)CN=C1NS(=O)(=O)c2ccccc21. The van der Waals surface area contributed by atoms with Crippen LogP contribution < -0.4 is 15.4 Å². The summed E-state index contributed by atoms with van der Waals surface area (Å²) in [6.07, 6.45) is 2.86. The van der Waals surface area contributed by atoms with Gasteiger partial charge in [0.05, 0.1) is 10.9 Å². The first kappa shape index (κ1) is 22.1. The van der Waals surface area contributed by atoms with Gasteiger partial charge in [0, 0.05) is 11.6 Å². The molecular formula is C20H28N4O5S. The van der Waals surface area contributed by atoms with Gasteiger partial charge in [-0.2, -0.15) is 0 Å². The van der Waals surface area contributed by atoms with Gasteiger partial charge in [-0.15, -0.1) is 0 Å². The summed E-state index contributed by atoms with van der Waals surface area (Å²) in [6.45, 7) is 5.16. The number of aliphatic imine (C=N–C) groups is 1. The summed E-state index contributed by atoms with van der Waals surface area (Å²) in [5.74, 6) is -0.179. The van der Waals surface area contributed by atoms with E-state index < -0.39 is 21.7 Å². The minimum Gasteiger partial charge on any atom is -0.444 e. The van der Waals surface area contributed by atoms with Crippen LogP contribution in [0.2, 0.25) is 0 Å². The zero-order valence-electron chi connectivity index (χ0n) is 17.4. The predicted octanol–water partition coefficient (Wildman–Crippen LogP) is 1.68. The minimum atomic E-state index is -3.64. The van der Waals surface area contributed by atoms with Crippen LogP contribution >= 0.6 is 0 Å². The number of nitrogens with zero attached hydrogens (tertiary/aromatic N) is 1. The number of amidine groups is 1. The molecule has 0 radical (unpaired) electrons. The van der Waals surface area contributed by atoms with Crippen LogP contribution in [0.15, 0.2) is 34.2 Å². The van der Waals surface area contributed by atoms with Crippen molar-refractivity contribution in [3.63, 3.8) is 0 Å². The number of alkyl carbamates (subject to hydrolysis) is 1. The molecule has 1 aliphatic carbocycles. The maximum Gasteiger partial charge on any atom is 0.407 e. The second-order valence-electron chi connectivity index (χ2n) is 8.48. The quantitative estimate of drug-likeness (QED) is 0.662. The van der Waals surface area contributed by atoms with E-state index in [4.69, 9.17) is 4.74 Å². The first-order chi connectivity index (χ1) is 14.0. The van der Waals surface area contributed by atoms with Crippen LogP contribution in [0, 0.1) is 0 Å². The Balaban J connectivity index is 1.61. The van der Waals surface area contributed by atoms with E-state index in [-0.39, 0.29) is 35.3 Å². The normalized spacial score (nSPS) is 23.9. The van der Waals surface area contributed by atoms with Crippen LogP contribution in [0.1, 0.15) is 52.0 Å². The van der Waals surface area contributed by atoms with Crippen LogP contribution in [0.4, 0.5) is 4.79 Å². The average molecular weight is 437 g/mol. The third-order valence-corrected chi connectivity index (χ3v) is 6.26. The van der Waals surface area contributed by atoms with Crippen molar-refractivity contribution >= 4 is 27.9 Å². The third kappa shape index (κ3) is 5.50. The Hall–Kier alpha value is -2.62. The number of sulfonamides is 1. The van der Waals surface area contributed by atoms with Crippen LogP contribution in [0.25, 0.3) is 0 Å². The number of carbonyl (C=O) groups is 2. The van der Waals surface area contributed by atoms with Gasteiger partial charge in [-0.25, -0.2) is 13.2 Å². The van der Waals surface area contributed by atoms with Gasteiger partial charge in [0.1, 0.15) is 18.0 Å². The van der Waals surface area contributed by atoms with Crippen molar-refractivity contribution in [3.05, 3.63) is 29.8 Å². The minimum absolute atomic E-state index is 0.151. The standard InChI is InChI=1S/C20H28N4O5S/c1-20(2,3)29-19(26)23-15-10-6-5-9-14(15)22-17(25)12-21-18-13-8-4-7-11-16(13)30(27,28)24-18/h4,7-8,11,14-15H,5-6,9-10,12H2,1-3H3,(H,21,24)(H,22,25)(H,23,26)/t14-,15-/m1/s1. The van der Waals surface area contributed by atoms with Crippen molar-refractivity contribution in [2.75, 3.05) is 6.54 Å². The fourth-order valence-electron chi connectivity index (χ4n) is 3.59. The van der Waals surface area contributed by atoms with Crippen molar-refractivity contribution in [1.29, 1.82) is 0 Å². The average Bonchev–Trinajstić information content (AvgIpc) is 2.91. The zero-order chi connectivity index (χ0) is 21.9. The molecule has 1 aliphatic heterocycles. The lowest BCUT2D eigenvalue weighted by atomic mass is 9.90. The first-order valence-corrected chi connectivity index (χ1v) is 11.5. The maximum atomic E-state index is 12.5. The Morgan fingerprint density at radius 2 is 1.77 bits per heavy atom. The lowest BCUT2D eigenvalue weighted by Gasteiger charge is -2.33. The Morgan fingerprint density at radius 3 is 2.43 bits per heavy atom. The van der Waals surface area contributed by atoms with Crippen LogP contribution in [-0.4, -0.2) is 50.5 Å². The molecule has 0 unspecified atom stereocenters. The van der Waals surface area contributed by atoms with E-state index in [1.807, 2.05) is 0 Å². The topological polar surface area (TPSA) is 126 Å². The summed E-state index contributed by atoms with van der Waals surface area (Å²) in [5, 5.41) is 5.76. The number of carbonyl (C=O) groups excluding carboxylic acids is 2. The zero-order valence-corrected chi connectivity index (χ0v) is 18.2. The van der Waals surface area contributed by atoms with Gasteiger partial charge in [0.25, 0.3) is 10.0 Å². The second-order valence-corrected chi connectivity index (χ2v) is 10.1. The summed E-state index contributed by atoms with van der Waals surface area (Å²) in [5.41, 5.74) is -0.147. The number of hydrogen-bond donors (Lipinski definition) is 3. The predicted molar refractivity (Wildman–Crippen MR) is 112 cm³/mol. The van der Waals surface area contributed by atoms with Crippen molar-refractivity contribution in [1.82, 2.24) is 15.4 Å².